The highest BCUT2D eigenvalue weighted by molar-refractivity contribution is 6.05. The molecular weight excluding hydrogens is 308 g/mol. The third-order valence-corrected chi connectivity index (χ3v) is 4.59. The number of hydrogen-bond acceptors (Lipinski definition) is 4. The maximum Gasteiger partial charge on any atom is 0.251 e. The molecule has 0 bridgehead atoms. The molecule has 2 saturated heterocycles. The molecule has 7 nitrogen and oxygen atoms in total. The van der Waals surface area contributed by atoms with Gasteiger partial charge in [-0.1, -0.05) is 12.1 Å². The van der Waals surface area contributed by atoms with Crippen LogP contribution < -0.4 is 15.8 Å². The average Bonchev–Trinajstić information content (AvgIpc) is 2.91. The van der Waals surface area contributed by atoms with E-state index < -0.39 is 5.92 Å². The summed E-state index contributed by atoms with van der Waals surface area (Å²) in [6.07, 6.45) is 0.477. The van der Waals surface area contributed by atoms with Crippen LogP contribution in [0.3, 0.4) is 0 Å². The van der Waals surface area contributed by atoms with E-state index in [4.69, 9.17) is 0 Å². The number of carbonyl (C=O) groups is 3. The second-order valence-electron chi connectivity index (χ2n) is 6.28. The summed E-state index contributed by atoms with van der Waals surface area (Å²) in [4.78, 5) is 39.3. The number of hydrazine groups is 1. The van der Waals surface area contributed by atoms with Gasteiger partial charge >= 0.3 is 0 Å². The van der Waals surface area contributed by atoms with Crippen LogP contribution in [0.2, 0.25) is 0 Å². The smallest absolute Gasteiger partial charge is 0.251 e. The van der Waals surface area contributed by atoms with Crippen molar-refractivity contribution in [3.8, 4) is 0 Å². The van der Waals surface area contributed by atoms with Crippen molar-refractivity contribution in [1.29, 1.82) is 0 Å². The SMILES string of the molecule is Cc1cccc(N2CCN(C(=O)CCC3C(=O)NNC3=O)CC2)c1. The van der Waals surface area contributed by atoms with Gasteiger partial charge in [0.1, 0.15) is 5.92 Å². The van der Waals surface area contributed by atoms with Gasteiger partial charge in [0, 0.05) is 38.3 Å². The van der Waals surface area contributed by atoms with Gasteiger partial charge in [0.15, 0.2) is 0 Å². The number of benzene rings is 1. The first kappa shape index (κ1) is 16.3. The van der Waals surface area contributed by atoms with Gasteiger partial charge in [0.2, 0.25) is 5.91 Å². The van der Waals surface area contributed by atoms with Crippen LogP contribution in [0, 0.1) is 12.8 Å². The Morgan fingerprint density at radius 1 is 1.12 bits per heavy atom. The number of hydrogen-bond donors (Lipinski definition) is 2. The molecule has 0 spiro atoms. The van der Waals surface area contributed by atoms with Crippen LogP contribution in [0.15, 0.2) is 24.3 Å². The minimum Gasteiger partial charge on any atom is -0.368 e. The number of nitrogens with one attached hydrogen (secondary N) is 2. The second-order valence-corrected chi connectivity index (χ2v) is 6.28. The number of amides is 3. The predicted octanol–water partition coefficient (Wildman–Crippen LogP) is 0.201. The predicted molar refractivity (Wildman–Crippen MR) is 89.0 cm³/mol. The number of nitrogens with zero attached hydrogens (tertiary/aromatic N) is 2. The van der Waals surface area contributed by atoms with Gasteiger partial charge < -0.3 is 9.80 Å². The molecule has 0 atom stereocenters. The monoisotopic (exact) mass is 330 g/mol. The highest BCUT2D eigenvalue weighted by Crippen LogP contribution is 2.19. The van der Waals surface area contributed by atoms with Crippen LogP contribution in [0.25, 0.3) is 0 Å². The largest absolute Gasteiger partial charge is 0.368 e. The van der Waals surface area contributed by atoms with Crippen molar-refractivity contribution < 1.29 is 14.4 Å². The summed E-state index contributed by atoms with van der Waals surface area (Å²) in [6.45, 7) is 4.98. The van der Waals surface area contributed by atoms with Crippen molar-refractivity contribution in [2.45, 2.75) is 19.8 Å². The molecule has 0 radical (unpaired) electrons. The molecular formula is C17H22N4O3. The minimum absolute atomic E-state index is 0.00592. The normalized spacial score (nSPS) is 18.5. The Morgan fingerprint density at radius 3 is 2.42 bits per heavy atom. The number of carbonyl (C=O) groups excluding carboxylic acids is 3. The molecule has 2 fully saturated rings. The Morgan fingerprint density at radius 2 is 1.79 bits per heavy atom. The molecule has 3 rings (SSSR count). The van der Waals surface area contributed by atoms with Crippen molar-refractivity contribution in [1.82, 2.24) is 15.8 Å². The van der Waals surface area contributed by atoms with Crippen molar-refractivity contribution >= 4 is 23.4 Å². The quantitative estimate of drug-likeness (QED) is 0.773. The summed E-state index contributed by atoms with van der Waals surface area (Å²) < 4.78 is 0. The molecule has 2 aliphatic heterocycles. The maximum absolute atomic E-state index is 12.3. The molecule has 0 unspecified atom stereocenters. The Hall–Kier alpha value is -2.57. The Labute approximate surface area is 141 Å². The van der Waals surface area contributed by atoms with E-state index in [0.29, 0.717) is 13.1 Å². The van der Waals surface area contributed by atoms with Gasteiger partial charge in [0.25, 0.3) is 11.8 Å². The zero-order valence-corrected chi connectivity index (χ0v) is 13.7. The molecule has 2 aliphatic rings. The average molecular weight is 330 g/mol. The number of aryl methyl sites for hydroxylation is 1. The Bertz CT molecular complexity index is 637. The Balaban J connectivity index is 1.48. The molecule has 2 heterocycles. The standard InChI is InChI=1S/C17H22N4O3/c1-12-3-2-4-13(11-12)20-7-9-21(10-8-20)15(22)6-5-14-16(23)18-19-17(14)24/h2-4,11,14H,5-10H2,1H3,(H,18,23)(H,19,24). The molecule has 7 heteroatoms. The topological polar surface area (TPSA) is 81.8 Å². The van der Waals surface area contributed by atoms with E-state index in [9.17, 15) is 14.4 Å². The van der Waals surface area contributed by atoms with Gasteiger partial charge in [0.05, 0.1) is 0 Å². The van der Waals surface area contributed by atoms with Crippen LogP contribution in [-0.2, 0) is 14.4 Å². The summed E-state index contributed by atoms with van der Waals surface area (Å²) >= 11 is 0. The van der Waals surface area contributed by atoms with E-state index in [2.05, 4.69) is 40.9 Å². The van der Waals surface area contributed by atoms with Crippen LogP contribution in [0.4, 0.5) is 5.69 Å². The fraction of sp³-hybridized carbons (Fsp3) is 0.471. The van der Waals surface area contributed by atoms with Crippen molar-refractivity contribution in [3.05, 3.63) is 29.8 Å². The first-order valence-electron chi connectivity index (χ1n) is 8.24. The van der Waals surface area contributed by atoms with Gasteiger partial charge in [-0.3, -0.25) is 25.2 Å². The van der Waals surface area contributed by atoms with Crippen molar-refractivity contribution in [2.24, 2.45) is 5.92 Å². The lowest BCUT2D eigenvalue weighted by Crippen LogP contribution is -2.48. The molecule has 128 valence electrons. The van der Waals surface area contributed by atoms with E-state index >= 15 is 0 Å². The second kappa shape index (κ2) is 6.90. The van der Waals surface area contributed by atoms with Crippen LogP contribution in [0.5, 0.6) is 0 Å². The third kappa shape index (κ3) is 3.50. The van der Waals surface area contributed by atoms with Gasteiger partial charge in [-0.05, 0) is 31.0 Å². The molecule has 1 aromatic carbocycles. The van der Waals surface area contributed by atoms with Gasteiger partial charge in [-0.15, -0.1) is 0 Å². The number of rotatable bonds is 4. The zero-order chi connectivity index (χ0) is 17.1. The highest BCUT2D eigenvalue weighted by Gasteiger charge is 2.33. The van der Waals surface area contributed by atoms with Gasteiger partial charge in [-0.2, -0.15) is 0 Å². The summed E-state index contributed by atoms with van der Waals surface area (Å²) in [6, 6.07) is 8.34. The van der Waals surface area contributed by atoms with E-state index in [1.807, 2.05) is 11.0 Å². The van der Waals surface area contributed by atoms with Crippen molar-refractivity contribution in [3.63, 3.8) is 0 Å². The van der Waals surface area contributed by atoms with E-state index in [0.717, 1.165) is 13.1 Å². The molecule has 24 heavy (non-hydrogen) atoms. The first-order chi connectivity index (χ1) is 11.5. The lowest BCUT2D eigenvalue weighted by molar-refractivity contribution is -0.132. The highest BCUT2D eigenvalue weighted by atomic mass is 16.2. The summed E-state index contributed by atoms with van der Waals surface area (Å²) in [7, 11) is 0. The summed E-state index contributed by atoms with van der Waals surface area (Å²) in [5, 5.41) is 0. The van der Waals surface area contributed by atoms with E-state index in [1.165, 1.54) is 11.3 Å². The molecule has 0 saturated carbocycles. The first-order valence-corrected chi connectivity index (χ1v) is 8.24. The molecule has 3 amide bonds. The summed E-state index contributed by atoms with van der Waals surface area (Å²) in [5.41, 5.74) is 6.97. The zero-order valence-electron chi connectivity index (χ0n) is 13.7. The fourth-order valence-electron chi connectivity index (χ4n) is 3.14. The van der Waals surface area contributed by atoms with Crippen molar-refractivity contribution in [2.75, 3.05) is 31.1 Å². The van der Waals surface area contributed by atoms with E-state index in [-0.39, 0.29) is 30.6 Å². The van der Waals surface area contributed by atoms with Crippen LogP contribution >= 0.6 is 0 Å². The summed E-state index contributed by atoms with van der Waals surface area (Å²) in [5.74, 6) is -1.44. The Kier molecular flexibility index (Phi) is 4.69. The minimum atomic E-state index is -0.748. The number of anilines is 1. The molecule has 0 aliphatic carbocycles. The van der Waals surface area contributed by atoms with Crippen LogP contribution in [0.1, 0.15) is 18.4 Å². The number of piperazine rings is 1. The molecule has 1 aromatic rings. The lowest BCUT2D eigenvalue weighted by atomic mass is 10.0. The van der Waals surface area contributed by atoms with Crippen LogP contribution in [-0.4, -0.2) is 48.8 Å². The molecule has 2 N–H and O–H groups in total. The molecule has 0 aromatic heterocycles. The third-order valence-electron chi connectivity index (χ3n) is 4.59. The maximum atomic E-state index is 12.3. The lowest BCUT2D eigenvalue weighted by Gasteiger charge is -2.36. The van der Waals surface area contributed by atoms with Gasteiger partial charge in [-0.25, -0.2) is 0 Å². The fourth-order valence-corrected chi connectivity index (χ4v) is 3.14. The van der Waals surface area contributed by atoms with E-state index in [1.54, 1.807) is 0 Å².